The van der Waals surface area contributed by atoms with Crippen molar-refractivity contribution in [3.63, 3.8) is 0 Å². The lowest BCUT2D eigenvalue weighted by Crippen LogP contribution is -2.76. The Morgan fingerprint density at radius 2 is 0.950 bits per heavy atom. The Morgan fingerprint density at radius 3 is 1.70 bits per heavy atom. The molecule has 0 amide bonds. The van der Waals surface area contributed by atoms with Gasteiger partial charge in [-0.3, -0.25) is 0 Å². The lowest BCUT2D eigenvalue weighted by atomic mass is 9.98. The minimum atomic E-state index is -2.76. The van der Waals surface area contributed by atoms with Gasteiger partial charge in [0.25, 0.3) is 0 Å². The Kier molecular flexibility index (Phi) is 8.08. The Bertz CT molecular complexity index is 3370. The molecule has 0 atom stereocenters. The van der Waals surface area contributed by atoms with Crippen molar-refractivity contribution in [1.29, 1.82) is 0 Å². The summed E-state index contributed by atoms with van der Waals surface area (Å²) in [5.41, 5.74) is 5.85. The van der Waals surface area contributed by atoms with E-state index in [1.54, 1.807) is 0 Å². The molecule has 1 aliphatic rings. The standard InChI is InChI=1S/C56H37NOSSi/c1-2-18-43(19-3-1)60(55-26-10-8-24-51(55)58-52-25-9-11-27-56(52)60)44-33-35-49-48-34-32-42(36-53(48)59-54(49)37-44)57(50-23-13-17-39-15-5-7-21-47(39)50)41-30-28-40(29-31-41)46-22-12-16-38-14-4-6-20-45(38)46/h1-37H. The highest BCUT2D eigenvalue weighted by Gasteiger charge is 2.47. The average molecular weight is 800 g/mol. The number of fused-ring (bicyclic) bond motifs is 7. The first-order valence-corrected chi connectivity index (χ1v) is 23.3. The fourth-order valence-electron chi connectivity index (χ4n) is 9.71. The minimum absolute atomic E-state index is 0.950. The van der Waals surface area contributed by atoms with Crippen LogP contribution in [0.25, 0.3) is 52.8 Å². The van der Waals surface area contributed by atoms with E-state index in [2.05, 4.69) is 229 Å². The van der Waals surface area contributed by atoms with Crippen molar-refractivity contribution in [3.05, 3.63) is 224 Å². The molecular weight excluding hydrogens is 763 g/mol. The molecule has 0 radical (unpaired) electrons. The molecule has 282 valence electrons. The summed E-state index contributed by atoms with van der Waals surface area (Å²) in [6.07, 6.45) is 0. The van der Waals surface area contributed by atoms with E-state index in [1.165, 1.54) is 73.6 Å². The minimum Gasteiger partial charge on any atom is -0.458 e. The zero-order chi connectivity index (χ0) is 39.6. The number of benzene rings is 10. The number of hydrogen-bond acceptors (Lipinski definition) is 3. The van der Waals surface area contributed by atoms with Gasteiger partial charge in [-0.25, -0.2) is 0 Å². The lowest BCUT2D eigenvalue weighted by Gasteiger charge is -2.39. The van der Waals surface area contributed by atoms with Crippen molar-refractivity contribution in [3.8, 4) is 22.6 Å². The molecule has 0 aliphatic carbocycles. The van der Waals surface area contributed by atoms with Crippen molar-refractivity contribution in [2.75, 3.05) is 4.90 Å². The van der Waals surface area contributed by atoms with Crippen molar-refractivity contribution >= 4 is 98.9 Å². The summed E-state index contributed by atoms with van der Waals surface area (Å²) in [7, 11) is -2.76. The Balaban J connectivity index is 1.03. The summed E-state index contributed by atoms with van der Waals surface area (Å²) in [5, 5.41) is 12.8. The molecule has 0 saturated heterocycles. The number of para-hydroxylation sites is 2. The molecule has 0 spiro atoms. The van der Waals surface area contributed by atoms with Crippen LogP contribution in [0.15, 0.2) is 224 Å². The first-order chi connectivity index (χ1) is 29.7. The van der Waals surface area contributed by atoms with Gasteiger partial charge in [-0.2, -0.15) is 0 Å². The molecular formula is C56H37NOSSi. The molecule has 1 aromatic heterocycles. The van der Waals surface area contributed by atoms with E-state index < -0.39 is 8.07 Å². The topological polar surface area (TPSA) is 12.5 Å². The number of rotatable bonds is 6. The molecule has 0 N–H and O–H groups in total. The second-order valence-electron chi connectivity index (χ2n) is 15.6. The molecule has 0 saturated carbocycles. The van der Waals surface area contributed by atoms with E-state index in [1.807, 2.05) is 11.3 Å². The predicted molar refractivity (Wildman–Crippen MR) is 258 cm³/mol. The number of thiophene rings is 1. The second-order valence-corrected chi connectivity index (χ2v) is 20.4. The quantitative estimate of drug-likeness (QED) is 0.155. The fourth-order valence-corrected chi connectivity index (χ4v) is 15.9. The number of anilines is 3. The van der Waals surface area contributed by atoms with E-state index in [4.69, 9.17) is 4.74 Å². The molecule has 0 fully saturated rings. The maximum absolute atomic E-state index is 6.63. The zero-order valence-electron chi connectivity index (χ0n) is 32.6. The molecule has 10 aromatic carbocycles. The predicted octanol–water partition coefficient (Wildman–Crippen LogP) is 13.0. The molecule has 2 heterocycles. The van der Waals surface area contributed by atoms with Gasteiger partial charge in [0.2, 0.25) is 0 Å². The van der Waals surface area contributed by atoms with Crippen LogP contribution in [0.2, 0.25) is 0 Å². The highest BCUT2D eigenvalue weighted by Crippen LogP contribution is 2.43. The zero-order valence-corrected chi connectivity index (χ0v) is 34.4. The van der Waals surface area contributed by atoms with Gasteiger partial charge < -0.3 is 9.64 Å². The van der Waals surface area contributed by atoms with E-state index in [0.29, 0.717) is 0 Å². The average Bonchev–Trinajstić information content (AvgIpc) is 3.68. The lowest BCUT2D eigenvalue weighted by molar-refractivity contribution is 0.487. The summed E-state index contributed by atoms with van der Waals surface area (Å²) >= 11 is 1.89. The van der Waals surface area contributed by atoms with Crippen LogP contribution in [0, 0.1) is 0 Å². The highest BCUT2D eigenvalue weighted by molar-refractivity contribution is 7.26. The van der Waals surface area contributed by atoms with Crippen molar-refractivity contribution < 1.29 is 4.74 Å². The van der Waals surface area contributed by atoms with Gasteiger partial charge in [-0.05, 0) is 96.6 Å². The number of hydrogen-bond donors (Lipinski definition) is 0. The highest BCUT2D eigenvalue weighted by atomic mass is 32.1. The smallest absolute Gasteiger partial charge is 0.188 e. The van der Waals surface area contributed by atoms with Crippen LogP contribution in [0.3, 0.4) is 0 Å². The van der Waals surface area contributed by atoms with Crippen molar-refractivity contribution in [2.24, 2.45) is 0 Å². The van der Waals surface area contributed by atoms with E-state index in [9.17, 15) is 0 Å². The van der Waals surface area contributed by atoms with Crippen LogP contribution in [0.1, 0.15) is 0 Å². The van der Waals surface area contributed by atoms with Crippen molar-refractivity contribution in [2.45, 2.75) is 0 Å². The Hall–Kier alpha value is -7.24. The summed E-state index contributed by atoms with van der Waals surface area (Å²) in [5.74, 6) is 1.90. The van der Waals surface area contributed by atoms with Crippen LogP contribution < -0.4 is 30.4 Å². The maximum atomic E-state index is 6.63. The van der Waals surface area contributed by atoms with Gasteiger partial charge in [-0.15, -0.1) is 11.3 Å². The van der Waals surface area contributed by atoms with Crippen molar-refractivity contribution in [1.82, 2.24) is 0 Å². The van der Waals surface area contributed by atoms with E-state index >= 15 is 0 Å². The summed E-state index contributed by atoms with van der Waals surface area (Å²) < 4.78 is 9.18. The van der Waals surface area contributed by atoms with Crippen LogP contribution in [-0.4, -0.2) is 8.07 Å². The molecule has 60 heavy (non-hydrogen) atoms. The SMILES string of the molecule is c1ccc([Si]2(c3ccc4c(c3)sc3cc(N(c5ccc(-c6cccc7ccccc67)cc5)c5cccc6ccccc56)ccc34)c3ccccc3Oc3ccccc32)cc1. The molecule has 1 aliphatic heterocycles. The molecule has 0 bridgehead atoms. The largest absolute Gasteiger partial charge is 0.458 e. The second kappa shape index (κ2) is 14.0. The first-order valence-electron chi connectivity index (χ1n) is 20.5. The molecule has 2 nitrogen and oxygen atoms in total. The fraction of sp³-hybridized carbons (Fsp3) is 0. The van der Waals surface area contributed by atoms with Crippen LogP contribution in [-0.2, 0) is 0 Å². The van der Waals surface area contributed by atoms with Crippen LogP contribution in [0.4, 0.5) is 17.1 Å². The van der Waals surface area contributed by atoms with Crippen LogP contribution >= 0.6 is 11.3 Å². The van der Waals surface area contributed by atoms with E-state index in [-0.39, 0.29) is 0 Å². The van der Waals surface area contributed by atoms with E-state index in [0.717, 1.165) is 28.6 Å². The van der Waals surface area contributed by atoms with Gasteiger partial charge in [0.05, 0.1) is 5.69 Å². The third kappa shape index (κ3) is 5.39. The molecule has 4 heteroatoms. The number of nitrogens with zero attached hydrogens (tertiary/aromatic N) is 1. The molecule has 12 rings (SSSR count). The molecule has 0 unspecified atom stereocenters. The van der Waals surface area contributed by atoms with Gasteiger partial charge in [0.1, 0.15) is 11.5 Å². The Morgan fingerprint density at radius 1 is 0.383 bits per heavy atom. The molecule has 11 aromatic rings. The maximum Gasteiger partial charge on any atom is 0.188 e. The first kappa shape index (κ1) is 34.8. The van der Waals surface area contributed by atoms with Gasteiger partial charge in [-0.1, -0.05) is 176 Å². The summed E-state index contributed by atoms with van der Waals surface area (Å²) in [6.45, 7) is 0. The normalized spacial score (nSPS) is 12.9. The van der Waals surface area contributed by atoms with Gasteiger partial charge in [0.15, 0.2) is 8.07 Å². The van der Waals surface area contributed by atoms with Gasteiger partial charge >= 0.3 is 0 Å². The number of ether oxygens (including phenoxy) is 1. The summed E-state index contributed by atoms with van der Waals surface area (Å²) in [4.78, 5) is 2.43. The summed E-state index contributed by atoms with van der Waals surface area (Å²) in [6, 6.07) is 82.4. The third-order valence-corrected chi connectivity index (χ3v) is 18.3. The Labute approximate surface area is 353 Å². The third-order valence-electron chi connectivity index (χ3n) is 12.4. The van der Waals surface area contributed by atoms with Gasteiger partial charge in [0, 0.05) is 36.9 Å². The van der Waals surface area contributed by atoms with Crippen LogP contribution in [0.5, 0.6) is 11.5 Å². The monoisotopic (exact) mass is 799 g/mol.